The largest absolute Gasteiger partial charge is 0.491 e. The minimum atomic E-state index is -4.52. The molecule has 3 rings (SSSR count). The van der Waals surface area contributed by atoms with Gasteiger partial charge in [0.15, 0.2) is 0 Å². The van der Waals surface area contributed by atoms with Crippen molar-refractivity contribution in [1.29, 1.82) is 0 Å². The molecule has 2 aliphatic rings. The van der Waals surface area contributed by atoms with Gasteiger partial charge in [-0.1, -0.05) is 6.42 Å². The van der Waals surface area contributed by atoms with Crippen LogP contribution in [0.25, 0.3) is 0 Å². The van der Waals surface area contributed by atoms with Crippen molar-refractivity contribution in [3.63, 3.8) is 0 Å². The van der Waals surface area contributed by atoms with Gasteiger partial charge in [0.2, 0.25) is 11.9 Å². The van der Waals surface area contributed by atoms with E-state index < -0.39 is 17.4 Å². The minimum absolute atomic E-state index is 0.0409. The monoisotopic (exact) mass is 383 g/mol. The summed E-state index contributed by atoms with van der Waals surface area (Å²) in [4.78, 5) is 10.1. The van der Waals surface area contributed by atoms with Gasteiger partial charge >= 0.3 is 6.18 Å². The van der Waals surface area contributed by atoms with E-state index in [4.69, 9.17) is 16.2 Å². The third-order valence-corrected chi connectivity index (χ3v) is 4.70. The normalized spacial score (nSPS) is 19.9. The molecule has 1 aliphatic heterocycles. The quantitative estimate of drug-likeness (QED) is 0.835. The van der Waals surface area contributed by atoms with E-state index in [0.29, 0.717) is 12.8 Å². The number of guanidine groups is 2. The molecule has 1 aromatic carbocycles. The maximum atomic E-state index is 13.5. The van der Waals surface area contributed by atoms with E-state index in [0.717, 1.165) is 31.4 Å². The van der Waals surface area contributed by atoms with E-state index in [1.807, 2.05) is 0 Å². The van der Waals surface area contributed by atoms with Crippen LogP contribution in [0.5, 0.6) is 5.75 Å². The molecule has 0 radical (unpaired) electrons. The van der Waals surface area contributed by atoms with Crippen molar-refractivity contribution in [1.82, 2.24) is 0 Å². The predicted octanol–water partition coefficient (Wildman–Crippen LogP) is 3.60. The molecule has 0 unspecified atom stereocenters. The maximum Gasteiger partial charge on any atom is 0.416 e. The number of hydrogen-bond donors (Lipinski definition) is 2. The van der Waals surface area contributed by atoms with E-state index in [-0.39, 0.29) is 29.5 Å². The van der Waals surface area contributed by atoms with Crippen LogP contribution in [0, 0.1) is 0 Å². The topological polar surface area (TPSA) is 89.2 Å². The smallest absolute Gasteiger partial charge is 0.416 e. The number of alkyl halides is 3. The third-order valence-electron chi connectivity index (χ3n) is 4.70. The zero-order chi connectivity index (χ0) is 19.8. The fourth-order valence-corrected chi connectivity index (χ4v) is 3.71. The molecule has 0 saturated heterocycles. The number of hydrogen-bond acceptors (Lipinski definition) is 6. The van der Waals surface area contributed by atoms with Crippen molar-refractivity contribution < 1.29 is 17.9 Å². The second kappa shape index (κ2) is 6.94. The molecule has 1 saturated carbocycles. The van der Waals surface area contributed by atoms with Crippen molar-refractivity contribution in [2.75, 3.05) is 4.90 Å². The average molecular weight is 383 g/mol. The Balaban J connectivity index is 2.13. The summed E-state index contributed by atoms with van der Waals surface area (Å²) in [6, 6.07) is 3.60. The van der Waals surface area contributed by atoms with Gasteiger partial charge in [-0.05, 0) is 51.7 Å². The van der Waals surface area contributed by atoms with Gasteiger partial charge in [-0.2, -0.15) is 18.2 Å². The lowest BCUT2D eigenvalue weighted by Gasteiger charge is -2.45. The molecule has 0 aromatic heterocycles. The summed E-state index contributed by atoms with van der Waals surface area (Å²) in [5, 5.41) is 0. The van der Waals surface area contributed by atoms with Gasteiger partial charge in [0.05, 0.1) is 17.4 Å². The lowest BCUT2D eigenvalue weighted by atomic mass is 9.87. The van der Waals surface area contributed by atoms with Crippen LogP contribution in [0.15, 0.2) is 28.2 Å². The van der Waals surface area contributed by atoms with Gasteiger partial charge in [0.1, 0.15) is 11.4 Å². The SMILES string of the molecule is CC(C)Oc1cc(N2C(N)=NC(N)=NC23CCCCC3)cc(C(F)(F)F)c1. The predicted molar refractivity (Wildman–Crippen MR) is 98.7 cm³/mol. The Morgan fingerprint density at radius 2 is 1.78 bits per heavy atom. The zero-order valence-electron chi connectivity index (χ0n) is 15.4. The number of anilines is 1. The molecule has 148 valence electrons. The van der Waals surface area contributed by atoms with Gasteiger partial charge in [-0.3, -0.25) is 4.90 Å². The van der Waals surface area contributed by atoms with Crippen LogP contribution in [-0.2, 0) is 6.18 Å². The highest BCUT2D eigenvalue weighted by atomic mass is 19.4. The Labute approximate surface area is 156 Å². The molecule has 1 fully saturated rings. The van der Waals surface area contributed by atoms with Crippen LogP contribution < -0.4 is 21.1 Å². The molecule has 1 aromatic rings. The first-order valence-electron chi connectivity index (χ1n) is 8.99. The fraction of sp³-hybridized carbons (Fsp3) is 0.556. The van der Waals surface area contributed by atoms with E-state index in [9.17, 15) is 13.2 Å². The van der Waals surface area contributed by atoms with Crippen molar-refractivity contribution in [3.05, 3.63) is 23.8 Å². The summed E-state index contributed by atoms with van der Waals surface area (Å²) in [6.07, 6.45) is -0.711. The van der Waals surface area contributed by atoms with Crippen molar-refractivity contribution in [2.45, 2.75) is 63.9 Å². The molecule has 0 bridgehead atoms. The summed E-state index contributed by atoms with van der Waals surface area (Å²) in [6.45, 7) is 3.51. The van der Waals surface area contributed by atoms with Crippen LogP contribution in [0.4, 0.5) is 18.9 Å². The Morgan fingerprint density at radius 3 is 2.37 bits per heavy atom. The molecule has 4 N–H and O–H groups in total. The van der Waals surface area contributed by atoms with E-state index in [1.54, 1.807) is 24.8 Å². The van der Waals surface area contributed by atoms with Crippen LogP contribution >= 0.6 is 0 Å². The fourth-order valence-electron chi connectivity index (χ4n) is 3.71. The van der Waals surface area contributed by atoms with Crippen LogP contribution in [0.3, 0.4) is 0 Å². The number of aliphatic imine (C=N–C) groups is 2. The molecule has 6 nitrogen and oxygen atoms in total. The molecule has 27 heavy (non-hydrogen) atoms. The summed E-state index contributed by atoms with van der Waals surface area (Å²) in [5.41, 5.74) is 10.6. The molecule has 0 amide bonds. The molecular formula is C18H24F3N5O. The maximum absolute atomic E-state index is 13.5. The van der Waals surface area contributed by atoms with Gasteiger partial charge in [0.25, 0.3) is 0 Å². The summed E-state index contributed by atoms with van der Waals surface area (Å²) in [7, 11) is 0. The Morgan fingerprint density at radius 1 is 1.11 bits per heavy atom. The first-order chi connectivity index (χ1) is 12.6. The lowest BCUT2D eigenvalue weighted by molar-refractivity contribution is -0.137. The molecule has 1 heterocycles. The minimum Gasteiger partial charge on any atom is -0.491 e. The van der Waals surface area contributed by atoms with Crippen molar-refractivity contribution in [3.8, 4) is 5.75 Å². The number of halogens is 3. The summed E-state index contributed by atoms with van der Waals surface area (Å²) < 4.78 is 45.9. The van der Waals surface area contributed by atoms with Crippen molar-refractivity contribution in [2.24, 2.45) is 21.5 Å². The molecule has 0 atom stereocenters. The Kier molecular flexibility index (Phi) is 4.96. The molecule has 9 heteroatoms. The number of nitrogens with zero attached hydrogens (tertiary/aromatic N) is 3. The first kappa shape index (κ1) is 19.3. The molecular weight excluding hydrogens is 359 g/mol. The second-order valence-corrected chi connectivity index (χ2v) is 7.20. The van der Waals surface area contributed by atoms with E-state index >= 15 is 0 Å². The zero-order valence-corrected chi connectivity index (χ0v) is 15.4. The Bertz CT molecular complexity index is 767. The first-order valence-corrected chi connectivity index (χ1v) is 8.99. The number of benzene rings is 1. The second-order valence-electron chi connectivity index (χ2n) is 7.20. The lowest BCUT2D eigenvalue weighted by Crippen LogP contribution is -2.58. The third kappa shape index (κ3) is 3.96. The van der Waals surface area contributed by atoms with Gasteiger partial charge in [0, 0.05) is 6.07 Å². The summed E-state index contributed by atoms with van der Waals surface area (Å²) >= 11 is 0. The van der Waals surface area contributed by atoms with E-state index in [1.165, 1.54) is 0 Å². The van der Waals surface area contributed by atoms with Crippen LogP contribution in [0.1, 0.15) is 51.5 Å². The van der Waals surface area contributed by atoms with Crippen molar-refractivity contribution >= 4 is 17.6 Å². The van der Waals surface area contributed by atoms with Gasteiger partial charge < -0.3 is 16.2 Å². The van der Waals surface area contributed by atoms with Gasteiger partial charge in [-0.25, -0.2) is 4.99 Å². The highest BCUT2D eigenvalue weighted by Crippen LogP contribution is 2.42. The van der Waals surface area contributed by atoms with Gasteiger partial charge in [-0.15, -0.1) is 0 Å². The highest BCUT2D eigenvalue weighted by molar-refractivity contribution is 6.05. The number of ether oxygens (including phenoxy) is 1. The molecule has 1 spiro atoms. The number of rotatable bonds is 3. The standard InChI is InChI=1S/C18H24F3N5O/c1-11(2)27-14-9-12(18(19,20)21)8-13(10-14)26-16(23)24-15(22)25-17(26)6-4-3-5-7-17/h8-11H,3-7H2,1-2H3,(H4,22,23,24,25). The molecule has 1 aliphatic carbocycles. The highest BCUT2D eigenvalue weighted by Gasteiger charge is 2.43. The summed E-state index contributed by atoms with van der Waals surface area (Å²) in [5.74, 6) is 0.214. The average Bonchev–Trinajstić information content (AvgIpc) is 2.53. The van der Waals surface area contributed by atoms with Crippen LogP contribution in [-0.4, -0.2) is 23.7 Å². The number of nitrogens with two attached hydrogens (primary N) is 2. The Hall–Kier alpha value is -2.45. The van der Waals surface area contributed by atoms with E-state index in [2.05, 4.69) is 9.98 Å². The van der Waals surface area contributed by atoms with Crippen LogP contribution in [0.2, 0.25) is 0 Å².